The SMILES string of the molecule is COc1ccc(O[C@@H](C)C(=O)N2CCCc3cc(OC)ccc32)cc1. The molecular formula is C20H23NO4. The van der Waals surface area contributed by atoms with Crippen LogP contribution in [0.25, 0.3) is 0 Å². The maximum absolute atomic E-state index is 12.9. The fraction of sp³-hybridized carbons (Fsp3) is 0.350. The standard InChI is InChI=1S/C20H23NO4/c1-14(25-17-8-6-16(23-2)7-9-17)20(22)21-12-4-5-15-13-18(24-3)10-11-19(15)21/h6-11,13-14H,4-5,12H2,1-3H3/t14-/m0/s1. The van der Waals surface area contributed by atoms with Crippen molar-refractivity contribution in [3.63, 3.8) is 0 Å². The van der Waals surface area contributed by atoms with Gasteiger partial charge in [0, 0.05) is 12.2 Å². The van der Waals surface area contributed by atoms with Gasteiger partial charge in [0.2, 0.25) is 0 Å². The van der Waals surface area contributed by atoms with Crippen LogP contribution in [-0.2, 0) is 11.2 Å². The first-order chi connectivity index (χ1) is 12.1. The van der Waals surface area contributed by atoms with Crippen LogP contribution in [0.4, 0.5) is 5.69 Å². The molecule has 0 fully saturated rings. The van der Waals surface area contributed by atoms with Gasteiger partial charge in [-0.25, -0.2) is 0 Å². The average Bonchev–Trinajstić information content (AvgIpc) is 2.67. The Morgan fingerprint density at radius 3 is 2.32 bits per heavy atom. The Morgan fingerprint density at radius 2 is 1.64 bits per heavy atom. The van der Waals surface area contributed by atoms with E-state index in [1.807, 2.05) is 35.2 Å². The smallest absolute Gasteiger partial charge is 0.267 e. The molecule has 2 aromatic rings. The fourth-order valence-electron chi connectivity index (χ4n) is 3.06. The Balaban J connectivity index is 1.74. The summed E-state index contributed by atoms with van der Waals surface area (Å²) >= 11 is 0. The van der Waals surface area contributed by atoms with E-state index in [9.17, 15) is 4.79 Å². The summed E-state index contributed by atoms with van der Waals surface area (Å²) < 4.78 is 16.2. The van der Waals surface area contributed by atoms with Gasteiger partial charge in [-0.3, -0.25) is 4.79 Å². The highest BCUT2D eigenvalue weighted by molar-refractivity contribution is 5.97. The van der Waals surface area contributed by atoms with Gasteiger partial charge in [0.1, 0.15) is 17.2 Å². The summed E-state index contributed by atoms with van der Waals surface area (Å²) in [6.07, 6.45) is 1.31. The highest BCUT2D eigenvalue weighted by Gasteiger charge is 2.27. The van der Waals surface area contributed by atoms with Gasteiger partial charge in [0.15, 0.2) is 6.10 Å². The molecule has 0 saturated carbocycles. The van der Waals surface area contributed by atoms with Crippen LogP contribution in [0.2, 0.25) is 0 Å². The monoisotopic (exact) mass is 341 g/mol. The number of carbonyl (C=O) groups is 1. The molecule has 2 aromatic carbocycles. The van der Waals surface area contributed by atoms with Crippen LogP contribution in [0.3, 0.4) is 0 Å². The van der Waals surface area contributed by atoms with Crippen molar-refractivity contribution >= 4 is 11.6 Å². The van der Waals surface area contributed by atoms with Gasteiger partial charge in [-0.2, -0.15) is 0 Å². The van der Waals surface area contributed by atoms with E-state index in [0.717, 1.165) is 35.6 Å². The van der Waals surface area contributed by atoms with E-state index in [2.05, 4.69) is 0 Å². The zero-order chi connectivity index (χ0) is 17.8. The van der Waals surface area contributed by atoms with Crippen molar-refractivity contribution < 1.29 is 19.0 Å². The second-order valence-corrected chi connectivity index (χ2v) is 6.02. The number of hydrogen-bond acceptors (Lipinski definition) is 4. The maximum atomic E-state index is 12.9. The van der Waals surface area contributed by atoms with Crippen molar-refractivity contribution in [2.75, 3.05) is 25.7 Å². The third-order valence-corrected chi connectivity index (χ3v) is 4.39. The Hall–Kier alpha value is -2.69. The van der Waals surface area contributed by atoms with E-state index in [-0.39, 0.29) is 5.91 Å². The molecule has 1 aliphatic rings. The molecule has 1 amide bonds. The second-order valence-electron chi connectivity index (χ2n) is 6.02. The Bertz CT molecular complexity index is 742. The zero-order valence-electron chi connectivity index (χ0n) is 14.8. The summed E-state index contributed by atoms with van der Waals surface area (Å²) in [4.78, 5) is 14.7. The number of fused-ring (bicyclic) bond motifs is 1. The summed E-state index contributed by atoms with van der Waals surface area (Å²) in [5.74, 6) is 2.18. The lowest BCUT2D eigenvalue weighted by Crippen LogP contribution is -2.43. The number of nitrogens with zero attached hydrogens (tertiary/aromatic N) is 1. The predicted molar refractivity (Wildman–Crippen MR) is 96.8 cm³/mol. The summed E-state index contributed by atoms with van der Waals surface area (Å²) in [5.41, 5.74) is 2.08. The molecule has 0 spiro atoms. The van der Waals surface area contributed by atoms with Gasteiger partial charge in [-0.15, -0.1) is 0 Å². The lowest BCUT2D eigenvalue weighted by atomic mass is 10.0. The number of carbonyl (C=O) groups excluding carboxylic acids is 1. The van der Waals surface area contributed by atoms with Crippen LogP contribution in [0.1, 0.15) is 18.9 Å². The first-order valence-corrected chi connectivity index (χ1v) is 8.41. The van der Waals surface area contributed by atoms with Crippen LogP contribution < -0.4 is 19.1 Å². The number of amides is 1. The Labute approximate surface area is 148 Å². The van der Waals surface area contributed by atoms with Gasteiger partial charge in [0.25, 0.3) is 5.91 Å². The molecule has 132 valence electrons. The van der Waals surface area contributed by atoms with E-state index >= 15 is 0 Å². The quantitative estimate of drug-likeness (QED) is 0.836. The highest BCUT2D eigenvalue weighted by Crippen LogP contribution is 2.31. The molecule has 3 rings (SSSR count). The molecule has 1 aliphatic heterocycles. The fourth-order valence-corrected chi connectivity index (χ4v) is 3.06. The number of aryl methyl sites for hydroxylation is 1. The van der Waals surface area contributed by atoms with Crippen molar-refractivity contribution in [2.24, 2.45) is 0 Å². The van der Waals surface area contributed by atoms with Crippen molar-refractivity contribution in [3.05, 3.63) is 48.0 Å². The normalized spacial score (nSPS) is 14.4. The first-order valence-electron chi connectivity index (χ1n) is 8.41. The molecule has 25 heavy (non-hydrogen) atoms. The van der Waals surface area contributed by atoms with E-state index < -0.39 is 6.10 Å². The molecule has 0 bridgehead atoms. The minimum absolute atomic E-state index is 0.0399. The first kappa shape index (κ1) is 17.1. The third-order valence-electron chi connectivity index (χ3n) is 4.39. The molecule has 0 aromatic heterocycles. The molecule has 0 radical (unpaired) electrons. The lowest BCUT2D eigenvalue weighted by molar-refractivity contribution is -0.124. The van der Waals surface area contributed by atoms with Gasteiger partial charge >= 0.3 is 0 Å². The molecule has 0 N–H and O–H groups in total. The third kappa shape index (κ3) is 3.71. The molecular weight excluding hydrogens is 318 g/mol. The van der Waals surface area contributed by atoms with Crippen molar-refractivity contribution in [2.45, 2.75) is 25.9 Å². The summed E-state index contributed by atoms with van der Waals surface area (Å²) in [7, 11) is 3.27. The van der Waals surface area contributed by atoms with Gasteiger partial charge in [0.05, 0.1) is 14.2 Å². The molecule has 0 saturated heterocycles. The van der Waals surface area contributed by atoms with E-state index in [1.54, 1.807) is 33.3 Å². The minimum atomic E-state index is -0.568. The summed E-state index contributed by atoms with van der Waals surface area (Å²) in [6.45, 7) is 2.48. The van der Waals surface area contributed by atoms with Gasteiger partial charge in [-0.1, -0.05) is 0 Å². The largest absolute Gasteiger partial charge is 0.497 e. The molecule has 5 nitrogen and oxygen atoms in total. The Morgan fingerprint density at radius 1 is 1.00 bits per heavy atom. The van der Waals surface area contributed by atoms with Crippen LogP contribution in [0, 0.1) is 0 Å². The minimum Gasteiger partial charge on any atom is -0.497 e. The van der Waals surface area contributed by atoms with Crippen molar-refractivity contribution in [1.82, 2.24) is 0 Å². The van der Waals surface area contributed by atoms with Gasteiger partial charge < -0.3 is 19.1 Å². The predicted octanol–water partition coefficient (Wildman–Crippen LogP) is 3.45. The number of ether oxygens (including phenoxy) is 3. The van der Waals surface area contributed by atoms with Crippen molar-refractivity contribution in [3.8, 4) is 17.2 Å². The lowest BCUT2D eigenvalue weighted by Gasteiger charge is -2.31. The molecule has 5 heteroatoms. The van der Waals surface area contributed by atoms with Crippen molar-refractivity contribution in [1.29, 1.82) is 0 Å². The van der Waals surface area contributed by atoms with E-state index in [1.165, 1.54) is 0 Å². The Kier molecular flexibility index (Phi) is 5.12. The highest BCUT2D eigenvalue weighted by atomic mass is 16.5. The molecule has 0 aliphatic carbocycles. The topological polar surface area (TPSA) is 48.0 Å². The second kappa shape index (κ2) is 7.47. The maximum Gasteiger partial charge on any atom is 0.267 e. The number of anilines is 1. The zero-order valence-corrected chi connectivity index (χ0v) is 14.8. The average molecular weight is 341 g/mol. The van der Waals surface area contributed by atoms with E-state index in [4.69, 9.17) is 14.2 Å². The number of hydrogen-bond donors (Lipinski definition) is 0. The summed E-state index contributed by atoms with van der Waals surface area (Å²) in [6, 6.07) is 13.1. The van der Waals surface area contributed by atoms with Crippen LogP contribution in [-0.4, -0.2) is 32.8 Å². The van der Waals surface area contributed by atoms with E-state index in [0.29, 0.717) is 12.3 Å². The molecule has 1 heterocycles. The number of rotatable bonds is 5. The molecule has 1 atom stereocenters. The van der Waals surface area contributed by atoms with Crippen LogP contribution in [0.5, 0.6) is 17.2 Å². The molecule has 0 unspecified atom stereocenters. The van der Waals surface area contributed by atoms with Crippen LogP contribution in [0.15, 0.2) is 42.5 Å². The number of benzene rings is 2. The number of methoxy groups -OCH3 is 2. The summed E-state index contributed by atoms with van der Waals surface area (Å²) in [5, 5.41) is 0. The van der Waals surface area contributed by atoms with Crippen LogP contribution >= 0.6 is 0 Å². The van der Waals surface area contributed by atoms with Gasteiger partial charge in [-0.05, 0) is 67.8 Å².